The first-order chi connectivity index (χ1) is 9.85. The highest BCUT2D eigenvalue weighted by atomic mass is 32.2. The van der Waals surface area contributed by atoms with E-state index in [-0.39, 0.29) is 11.3 Å². The number of hydrogen-bond acceptors (Lipinski definition) is 4. The number of nitrogens with zero attached hydrogens (tertiary/aromatic N) is 2. The standard InChI is InChI=1S/C13H15N3O4S/c1-9-10(8-16(2)21(18,19)15-9)13(17)14-11-6-4-5-7-12(11)20-3/h4-8H,1-3H3,(H,14,17). The second kappa shape index (κ2) is 5.57. The Morgan fingerprint density at radius 2 is 2.00 bits per heavy atom. The van der Waals surface area contributed by atoms with Gasteiger partial charge >= 0.3 is 10.2 Å². The van der Waals surface area contributed by atoms with Crippen molar-refractivity contribution in [1.29, 1.82) is 0 Å². The lowest BCUT2D eigenvalue weighted by Crippen LogP contribution is -2.30. The van der Waals surface area contributed by atoms with Crippen molar-refractivity contribution in [3.63, 3.8) is 0 Å². The van der Waals surface area contributed by atoms with Gasteiger partial charge in [-0.2, -0.15) is 8.42 Å². The van der Waals surface area contributed by atoms with Crippen LogP contribution in [0, 0.1) is 0 Å². The van der Waals surface area contributed by atoms with Crippen molar-refractivity contribution in [3.8, 4) is 5.75 Å². The molecule has 1 aromatic carbocycles. The fraction of sp³-hybridized carbons (Fsp3) is 0.231. The van der Waals surface area contributed by atoms with Gasteiger partial charge in [0.15, 0.2) is 0 Å². The number of anilines is 1. The smallest absolute Gasteiger partial charge is 0.344 e. The number of ether oxygens (including phenoxy) is 1. The molecule has 1 amide bonds. The van der Waals surface area contributed by atoms with Crippen LogP contribution in [0.25, 0.3) is 0 Å². The maximum Gasteiger partial charge on any atom is 0.344 e. The molecule has 1 aliphatic heterocycles. The average Bonchev–Trinajstić information content (AvgIpc) is 2.42. The van der Waals surface area contributed by atoms with Crippen LogP contribution in [-0.2, 0) is 15.0 Å². The highest BCUT2D eigenvalue weighted by molar-refractivity contribution is 7.88. The predicted molar refractivity (Wildman–Crippen MR) is 79.5 cm³/mol. The third-order valence-electron chi connectivity index (χ3n) is 2.92. The molecule has 0 spiro atoms. The number of carbonyl (C=O) groups excluding carboxylic acids is 1. The fourth-order valence-electron chi connectivity index (χ4n) is 1.79. The van der Waals surface area contributed by atoms with Crippen LogP contribution in [0.2, 0.25) is 0 Å². The van der Waals surface area contributed by atoms with Crippen molar-refractivity contribution in [2.45, 2.75) is 6.92 Å². The summed E-state index contributed by atoms with van der Waals surface area (Å²) < 4.78 is 32.7. The van der Waals surface area contributed by atoms with E-state index in [0.29, 0.717) is 11.4 Å². The number of hydrogen-bond donors (Lipinski definition) is 1. The first-order valence-electron chi connectivity index (χ1n) is 6.06. The highest BCUT2D eigenvalue weighted by Crippen LogP contribution is 2.24. The average molecular weight is 309 g/mol. The lowest BCUT2D eigenvalue weighted by molar-refractivity contribution is -0.112. The Bertz CT molecular complexity index is 738. The van der Waals surface area contributed by atoms with Crippen molar-refractivity contribution in [1.82, 2.24) is 4.31 Å². The van der Waals surface area contributed by atoms with Gasteiger partial charge in [0.2, 0.25) is 0 Å². The second-order valence-electron chi connectivity index (χ2n) is 4.37. The molecule has 0 aliphatic carbocycles. The van der Waals surface area contributed by atoms with Gasteiger partial charge in [-0.25, -0.2) is 0 Å². The Morgan fingerprint density at radius 3 is 2.67 bits per heavy atom. The molecule has 1 aromatic rings. The van der Waals surface area contributed by atoms with Gasteiger partial charge in [-0.3, -0.25) is 9.10 Å². The molecule has 0 unspecified atom stereocenters. The summed E-state index contributed by atoms with van der Waals surface area (Å²) in [4.78, 5) is 12.3. The molecule has 0 fully saturated rings. The Kier molecular flexibility index (Phi) is 3.99. The van der Waals surface area contributed by atoms with Gasteiger partial charge in [0.25, 0.3) is 5.91 Å². The van der Waals surface area contributed by atoms with Crippen LogP contribution in [0.4, 0.5) is 5.69 Å². The summed E-state index contributed by atoms with van der Waals surface area (Å²) in [7, 11) is -0.904. The molecule has 0 saturated heterocycles. The summed E-state index contributed by atoms with van der Waals surface area (Å²) in [6, 6.07) is 6.93. The van der Waals surface area contributed by atoms with Gasteiger partial charge in [0.1, 0.15) is 5.75 Å². The zero-order valence-corrected chi connectivity index (χ0v) is 12.6. The lowest BCUT2D eigenvalue weighted by Gasteiger charge is -2.20. The van der Waals surface area contributed by atoms with Gasteiger partial charge in [-0.05, 0) is 19.1 Å². The van der Waals surface area contributed by atoms with Gasteiger partial charge in [-0.1, -0.05) is 12.1 Å². The molecule has 1 N–H and O–H groups in total. The van der Waals surface area contributed by atoms with E-state index in [1.807, 2.05) is 0 Å². The molecular formula is C13H15N3O4S. The van der Waals surface area contributed by atoms with Gasteiger partial charge in [-0.15, -0.1) is 4.40 Å². The van der Waals surface area contributed by atoms with Crippen LogP contribution in [0.5, 0.6) is 5.75 Å². The van der Waals surface area contributed by atoms with E-state index in [2.05, 4.69) is 9.71 Å². The third-order valence-corrected chi connectivity index (χ3v) is 4.25. The highest BCUT2D eigenvalue weighted by Gasteiger charge is 2.25. The summed E-state index contributed by atoms with van der Waals surface area (Å²) in [5.41, 5.74) is 0.813. The van der Waals surface area contributed by atoms with Gasteiger partial charge in [0.05, 0.1) is 24.1 Å². The van der Waals surface area contributed by atoms with E-state index in [0.717, 1.165) is 4.31 Å². The van der Waals surface area contributed by atoms with Crippen LogP contribution in [0.3, 0.4) is 0 Å². The SMILES string of the molecule is COc1ccccc1NC(=O)C1=CN(C)S(=O)(=O)N=C1C. The van der Waals surface area contributed by atoms with E-state index in [1.165, 1.54) is 27.3 Å². The maximum absolute atomic E-state index is 12.3. The van der Waals surface area contributed by atoms with E-state index in [4.69, 9.17) is 4.74 Å². The molecule has 0 saturated carbocycles. The summed E-state index contributed by atoms with van der Waals surface area (Å²) in [5.74, 6) is 0.0559. The molecule has 0 atom stereocenters. The van der Waals surface area contributed by atoms with Crippen molar-refractivity contribution in [2.24, 2.45) is 4.40 Å². The predicted octanol–water partition coefficient (Wildman–Crippen LogP) is 1.17. The maximum atomic E-state index is 12.3. The number of carbonyl (C=O) groups is 1. The third kappa shape index (κ3) is 3.05. The Morgan fingerprint density at radius 1 is 1.33 bits per heavy atom. The Balaban J connectivity index is 2.28. The largest absolute Gasteiger partial charge is 0.495 e. The molecular weight excluding hydrogens is 294 g/mol. The second-order valence-corrected chi connectivity index (χ2v) is 6.02. The monoisotopic (exact) mass is 309 g/mol. The molecule has 21 heavy (non-hydrogen) atoms. The number of nitrogens with one attached hydrogen (secondary N) is 1. The molecule has 2 rings (SSSR count). The van der Waals surface area contributed by atoms with E-state index in [9.17, 15) is 13.2 Å². The Hall–Kier alpha value is -2.35. The van der Waals surface area contributed by atoms with Crippen molar-refractivity contribution in [2.75, 3.05) is 19.5 Å². The summed E-state index contributed by atoms with van der Waals surface area (Å²) in [6.07, 6.45) is 1.24. The van der Waals surface area contributed by atoms with Crippen molar-refractivity contribution >= 4 is 27.5 Å². The molecule has 7 nitrogen and oxygen atoms in total. The number of benzene rings is 1. The summed E-state index contributed by atoms with van der Waals surface area (Å²) >= 11 is 0. The zero-order valence-electron chi connectivity index (χ0n) is 11.8. The topological polar surface area (TPSA) is 88.1 Å². The van der Waals surface area contributed by atoms with Crippen molar-refractivity contribution < 1.29 is 17.9 Å². The molecule has 0 bridgehead atoms. The molecule has 1 heterocycles. The minimum Gasteiger partial charge on any atom is -0.495 e. The Labute approximate surface area is 123 Å². The fourth-order valence-corrected chi connectivity index (χ4v) is 2.60. The van der Waals surface area contributed by atoms with Gasteiger partial charge in [0, 0.05) is 13.2 Å². The van der Waals surface area contributed by atoms with Crippen LogP contribution in [0.1, 0.15) is 6.92 Å². The number of amides is 1. The van der Waals surface area contributed by atoms with E-state index in [1.54, 1.807) is 24.3 Å². The lowest BCUT2D eigenvalue weighted by atomic mass is 10.1. The van der Waals surface area contributed by atoms with E-state index >= 15 is 0 Å². The minimum absolute atomic E-state index is 0.139. The first kappa shape index (κ1) is 15.0. The molecule has 1 aliphatic rings. The van der Waals surface area contributed by atoms with Crippen LogP contribution < -0.4 is 10.1 Å². The number of para-hydroxylation sites is 2. The molecule has 0 radical (unpaired) electrons. The van der Waals surface area contributed by atoms with Crippen molar-refractivity contribution in [3.05, 3.63) is 36.0 Å². The normalized spacial score (nSPS) is 16.8. The zero-order chi connectivity index (χ0) is 15.6. The van der Waals surface area contributed by atoms with Crippen LogP contribution >= 0.6 is 0 Å². The molecule has 0 aromatic heterocycles. The number of rotatable bonds is 3. The van der Waals surface area contributed by atoms with Crippen LogP contribution in [-0.4, -0.2) is 38.5 Å². The number of methoxy groups -OCH3 is 1. The van der Waals surface area contributed by atoms with E-state index < -0.39 is 16.1 Å². The molecule has 112 valence electrons. The summed E-state index contributed by atoms with van der Waals surface area (Å²) in [6.45, 7) is 1.47. The van der Waals surface area contributed by atoms with Crippen LogP contribution in [0.15, 0.2) is 40.4 Å². The minimum atomic E-state index is -3.72. The summed E-state index contributed by atoms with van der Waals surface area (Å²) in [5, 5.41) is 2.67. The molecule has 8 heteroatoms. The van der Waals surface area contributed by atoms with Gasteiger partial charge < -0.3 is 10.1 Å². The quantitative estimate of drug-likeness (QED) is 0.907. The first-order valence-corrected chi connectivity index (χ1v) is 7.46.